The molecule has 0 N–H and O–H groups in total. The molecule has 1 aromatic rings. The molecule has 0 aliphatic carbocycles. The lowest BCUT2D eigenvalue weighted by Gasteiger charge is -2.46. The average Bonchev–Trinajstić information content (AvgIpc) is 2.47. The second-order valence-corrected chi connectivity index (χ2v) is 7.22. The van der Waals surface area contributed by atoms with E-state index >= 15 is 0 Å². The van der Waals surface area contributed by atoms with Crippen LogP contribution in [-0.2, 0) is 5.88 Å². The Morgan fingerprint density at radius 1 is 1.30 bits per heavy atom. The van der Waals surface area contributed by atoms with E-state index in [2.05, 4.69) is 51.0 Å². The smallest absolute Gasteiger partial charge is 0.0485 e. The Hall–Kier alpha value is -0.250. The van der Waals surface area contributed by atoms with Crippen molar-refractivity contribution in [3.63, 3.8) is 0 Å². The fourth-order valence-corrected chi connectivity index (χ4v) is 4.63. The standard InChI is InChI=1S/C16H22BrClN2/c1-19-7-2-3-13-11-20(8-6-16(13)19)14-5-4-12(10-18)15(17)9-14/h4-5,9,13,16H,2-3,6-8,10-11H2,1H3. The van der Waals surface area contributed by atoms with E-state index in [1.807, 2.05) is 0 Å². The van der Waals surface area contributed by atoms with Crippen molar-refractivity contribution in [2.75, 3.05) is 31.6 Å². The molecule has 4 heteroatoms. The van der Waals surface area contributed by atoms with Gasteiger partial charge in [-0.2, -0.15) is 0 Å². The van der Waals surface area contributed by atoms with Gasteiger partial charge >= 0.3 is 0 Å². The van der Waals surface area contributed by atoms with Crippen LogP contribution in [0.4, 0.5) is 5.69 Å². The third kappa shape index (κ3) is 2.86. The molecule has 2 nitrogen and oxygen atoms in total. The van der Waals surface area contributed by atoms with Crippen LogP contribution in [0.3, 0.4) is 0 Å². The normalized spacial score (nSPS) is 27.4. The number of nitrogens with zero attached hydrogens (tertiary/aromatic N) is 2. The molecule has 2 aliphatic rings. The van der Waals surface area contributed by atoms with Crippen LogP contribution in [0.5, 0.6) is 0 Å². The van der Waals surface area contributed by atoms with Crippen molar-refractivity contribution in [1.29, 1.82) is 0 Å². The molecule has 0 aromatic heterocycles. The molecule has 1 aromatic carbocycles. The van der Waals surface area contributed by atoms with Gasteiger partial charge in [-0.05, 0) is 56.5 Å². The first-order chi connectivity index (χ1) is 9.69. The van der Waals surface area contributed by atoms with E-state index in [9.17, 15) is 0 Å². The Kier molecular flexibility index (Phi) is 4.58. The van der Waals surface area contributed by atoms with Crippen LogP contribution in [-0.4, -0.2) is 37.6 Å². The third-order valence-corrected chi connectivity index (χ3v) is 5.92. The van der Waals surface area contributed by atoms with Crippen molar-refractivity contribution in [1.82, 2.24) is 4.90 Å². The van der Waals surface area contributed by atoms with Gasteiger partial charge in [0, 0.05) is 35.2 Å². The SMILES string of the molecule is CN1CCCC2CN(c3ccc(CCl)c(Br)c3)CCC21. The zero-order chi connectivity index (χ0) is 14.1. The van der Waals surface area contributed by atoms with Gasteiger partial charge in [0.2, 0.25) is 0 Å². The van der Waals surface area contributed by atoms with Crippen LogP contribution in [0.1, 0.15) is 24.8 Å². The van der Waals surface area contributed by atoms with E-state index in [1.54, 1.807) is 0 Å². The Morgan fingerprint density at radius 3 is 2.90 bits per heavy atom. The molecule has 2 saturated heterocycles. The van der Waals surface area contributed by atoms with Crippen LogP contribution in [0.15, 0.2) is 22.7 Å². The molecule has 2 aliphatic heterocycles. The summed E-state index contributed by atoms with van der Waals surface area (Å²) in [6, 6.07) is 7.39. The second-order valence-electron chi connectivity index (χ2n) is 6.09. The van der Waals surface area contributed by atoms with Crippen molar-refractivity contribution in [2.24, 2.45) is 5.92 Å². The maximum Gasteiger partial charge on any atom is 0.0485 e. The predicted octanol–water partition coefficient (Wildman–Crippen LogP) is 4.11. The Labute approximate surface area is 135 Å². The van der Waals surface area contributed by atoms with Gasteiger partial charge in [0.1, 0.15) is 0 Å². The molecule has 2 heterocycles. The van der Waals surface area contributed by atoms with E-state index in [-0.39, 0.29) is 0 Å². The molecule has 0 saturated carbocycles. The van der Waals surface area contributed by atoms with Gasteiger partial charge in [0.25, 0.3) is 0 Å². The molecule has 2 fully saturated rings. The van der Waals surface area contributed by atoms with Crippen molar-refractivity contribution in [3.05, 3.63) is 28.2 Å². The zero-order valence-electron chi connectivity index (χ0n) is 12.0. The summed E-state index contributed by atoms with van der Waals surface area (Å²) < 4.78 is 1.13. The average molecular weight is 358 g/mol. The van der Waals surface area contributed by atoms with E-state index in [4.69, 9.17) is 11.6 Å². The third-order valence-electron chi connectivity index (χ3n) is 4.89. The predicted molar refractivity (Wildman–Crippen MR) is 89.7 cm³/mol. The first-order valence-corrected chi connectivity index (χ1v) is 8.81. The summed E-state index contributed by atoms with van der Waals surface area (Å²) in [6.07, 6.45) is 4.02. The maximum atomic E-state index is 5.93. The minimum atomic E-state index is 0.566. The molecule has 0 bridgehead atoms. The topological polar surface area (TPSA) is 6.48 Å². The maximum absolute atomic E-state index is 5.93. The number of piperidine rings is 2. The lowest BCUT2D eigenvalue weighted by Crippen LogP contribution is -2.52. The molecule has 110 valence electrons. The summed E-state index contributed by atoms with van der Waals surface area (Å²) in [6.45, 7) is 3.64. The largest absolute Gasteiger partial charge is 0.371 e. The van der Waals surface area contributed by atoms with Gasteiger partial charge in [-0.1, -0.05) is 22.0 Å². The van der Waals surface area contributed by atoms with Crippen molar-refractivity contribution < 1.29 is 0 Å². The van der Waals surface area contributed by atoms with Crippen molar-refractivity contribution in [2.45, 2.75) is 31.2 Å². The minimum absolute atomic E-state index is 0.566. The molecule has 20 heavy (non-hydrogen) atoms. The first-order valence-electron chi connectivity index (χ1n) is 7.48. The van der Waals surface area contributed by atoms with E-state index in [0.29, 0.717) is 5.88 Å². The first kappa shape index (κ1) is 14.7. The Bertz CT molecular complexity index is 480. The fraction of sp³-hybridized carbons (Fsp3) is 0.625. The zero-order valence-corrected chi connectivity index (χ0v) is 14.3. The van der Waals surface area contributed by atoms with E-state index in [0.717, 1.165) is 23.0 Å². The van der Waals surface area contributed by atoms with Gasteiger partial charge in [-0.3, -0.25) is 0 Å². The van der Waals surface area contributed by atoms with Gasteiger partial charge in [-0.15, -0.1) is 11.6 Å². The summed E-state index contributed by atoms with van der Waals surface area (Å²) in [5, 5.41) is 0. The van der Waals surface area contributed by atoms with Gasteiger partial charge in [-0.25, -0.2) is 0 Å². The summed E-state index contributed by atoms with van der Waals surface area (Å²) in [5.74, 6) is 1.39. The highest BCUT2D eigenvalue weighted by atomic mass is 79.9. The molecule has 0 radical (unpaired) electrons. The lowest BCUT2D eigenvalue weighted by molar-refractivity contribution is 0.102. The quantitative estimate of drug-likeness (QED) is 0.735. The number of hydrogen-bond donors (Lipinski definition) is 0. The van der Waals surface area contributed by atoms with Crippen LogP contribution in [0.25, 0.3) is 0 Å². The number of likely N-dealkylation sites (tertiary alicyclic amines) is 1. The number of benzene rings is 1. The molecule has 0 spiro atoms. The summed E-state index contributed by atoms with van der Waals surface area (Å²) in [5.41, 5.74) is 2.50. The van der Waals surface area contributed by atoms with Gasteiger partial charge in [0.15, 0.2) is 0 Å². The Morgan fingerprint density at radius 2 is 2.15 bits per heavy atom. The van der Waals surface area contributed by atoms with E-state index < -0.39 is 0 Å². The highest BCUT2D eigenvalue weighted by Gasteiger charge is 2.34. The molecule has 0 amide bonds. The van der Waals surface area contributed by atoms with Gasteiger partial charge in [0.05, 0.1) is 0 Å². The molecular formula is C16H22BrClN2. The van der Waals surface area contributed by atoms with E-state index in [1.165, 1.54) is 43.6 Å². The van der Waals surface area contributed by atoms with Crippen molar-refractivity contribution in [3.8, 4) is 0 Å². The number of rotatable bonds is 2. The van der Waals surface area contributed by atoms with Crippen LogP contribution >= 0.6 is 27.5 Å². The summed E-state index contributed by atoms with van der Waals surface area (Å²) in [4.78, 5) is 5.11. The highest BCUT2D eigenvalue weighted by molar-refractivity contribution is 9.10. The van der Waals surface area contributed by atoms with Crippen LogP contribution in [0.2, 0.25) is 0 Å². The molecule has 2 atom stereocenters. The highest BCUT2D eigenvalue weighted by Crippen LogP contribution is 2.33. The monoisotopic (exact) mass is 356 g/mol. The number of hydrogen-bond acceptors (Lipinski definition) is 2. The van der Waals surface area contributed by atoms with Crippen LogP contribution in [0, 0.1) is 5.92 Å². The summed E-state index contributed by atoms with van der Waals surface area (Å²) in [7, 11) is 2.29. The summed E-state index contributed by atoms with van der Waals surface area (Å²) >= 11 is 9.56. The van der Waals surface area contributed by atoms with Gasteiger partial charge < -0.3 is 9.80 Å². The molecule has 3 rings (SSSR count). The number of fused-ring (bicyclic) bond motifs is 1. The second kappa shape index (κ2) is 6.25. The molecule has 2 unspecified atom stereocenters. The number of halogens is 2. The fourth-order valence-electron chi connectivity index (χ4n) is 3.73. The van der Waals surface area contributed by atoms with Crippen LogP contribution < -0.4 is 4.90 Å². The Balaban J connectivity index is 1.74. The lowest BCUT2D eigenvalue weighted by atomic mass is 9.84. The number of alkyl halides is 1. The number of anilines is 1. The minimum Gasteiger partial charge on any atom is -0.371 e. The van der Waals surface area contributed by atoms with Crippen molar-refractivity contribution >= 4 is 33.2 Å². The molecular weight excluding hydrogens is 336 g/mol.